The van der Waals surface area contributed by atoms with Gasteiger partial charge in [0.25, 0.3) is 0 Å². The molecule has 0 spiro atoms. The summed E-state index contributed by atoms with van der Waals surface area (Å²) < 4.78 is 116. The minimum absolute atomic E-state index is 0.0476. The summed E-state index contributed by atoms with van der Waals surface area (Å²) in [5, 5.41) is 0.409. The molecule has 0 aliphatic heterocycles. The van der Waals surface area contributed by atoms with Gasteiger partial charge >= 0.3 is 0 Å². The van der Waals surface area contributed by atoms with Crippen molar-refractivity contribution in [2.24, 2.45) is 0 Å². The number of nitrogens with zero attached hydrogens (tertiary/aromatic N) is 3. The van der Waals surface area contributed by atoms with Crippen LogP contribution in [0.15, 0.2) is 204 Å². The van der Waals surface area contributed by atoms with Crippen LogP contribution in [0.2, 0.25) is 0 Å². The first-order valence-corrected chi connectivity index (χ1v) is 18.7. The average Bonchev–Trinajstić information content (AvgIpc) is 3.96. The number of fused-ring (bicyclic) bond motifs is 8. The van der Waals surface area contributed by atoms with Crippen molar-refractivity contribution in [1.82, 2.24) is 14.5 Å². The highest BCUT2D eigenvalue weighted by molar-refractivity contribution is 6.17. The fourth-order valence-corrected chi connectivity index (χ4v) is 7.91. The normalized spacial score (nSPS) is 14.7. The van der Waals surface area contributed by atoms with Gasteiger partial charge in [-0.2, -0.15) is 0 Å². The predicted octanol–water partition coefficient (Wildman–Crippen LogP) is 14.4. The first kappa shape index (κ1) is 22.7. The third-order valence-corrected chi connectivity index (χ3v) is 10.6. The Morgan fingerprint density at radius 3 is 1.69 bits per heavy atom. The second-order valence-corrected chi connectivity index (χ2v) is 14.0. The number of hydrogen-bond donors (Lipinski definition) is 0. The largest absolute Gasteiger partial charge is 0.456 e. The van der Waals surface area contributed by atoms with Crippen LogP contribution < -0.4 is 0 Å². The van der Waals surface area contributed by atoms with E-state index in [1.165, 1.54) is 4.57 Å². The average molecular weight is 752 g/mol. The predicted molar refractivity (Wildman–Crippen MR) is 240 cm³/mol. The highest BCUT2D eigenvalue weighted by atomic mass is 16.3. The molecule has 0 fully saturated rings. The molecule has 4 nitrogen and oxygen atoms in total. The minimum Gasteiger partial charge on any atom is -0.456 e. The van der Waals surface area contributed by atoms with E-state index >= 15 is 0 Å². The maximum atomic E-state index is 9.66. The Labute approximate surface area is 350 Å². The monoisotopic (exact) mass is 751 g/mol. The third-order valence-electron chi connectivity index (χ3n) is 10.6. The van der Waals surface area contributed by atoms with Crippen LogP contribution in [0.1, 0.15) is 16.4 Å². The van der Waals surface area contributed by atoms with Gasteiger partial charge in [0.05, 0.1) is 38.9 Å². The minimum atomic E-state index is -0.606. The molecule has 0 aliphatic rings. The molecule has 0 radical (unpaired) electrons. The first-order chi connectivity index (χ1) is 33.7. The first-order valence-electron chi connectivity index (χ1n) is 24.7. The Morgan fingerprint density at radius 1 is 0.448 bits per heavy atom. The molecule has 0 aliphatic carbocycles. The van der Waals surface area contributed by atoms with E-state index in [0.717, 1.165) is 50.0 Å². The van der Waals surface area contributed by atoms with Crippen molar-refractivity contribution in [3.05, 3.63) is 200 Å². The van der Waals surface area contributed by atoms with Crippen LogP contribution in [0.3, 0.4) is 0 Å². The zero-order valence-corrected chi connectivity index (χ0v) is 30.4. The van der Waals surface area contributed by atoms with Gasteiger partial charge in [-0.25, -0.2) is 9.97 Å². The lowest BCUT2D eigenvalue weighted by Crippen LogP contribution is -1.96. The highest BCUT2D eigenvalue weighted by Gasteiger charge is 2.19. The van der Waals surface area contributed by atoms with Gasteiger partial charge < -0.3 is 8.98 Å². The molecule has 12 rings (SSSR count). The van der Waals surface area contributed by atoms with Gasteiger partial charge in [-0.3, -0.25) is 0 Å². The highest BCUT2D eigenvalue weighted by Crippen LogP contribution is 2.41. The summed E-state index contributed by atoms with van der Waals surface area (Å²) in [5.41, 5.74) is 7.14. The molecule has 0 N–H and O–H groups in total. The van der Waals surface area contributed by atoms with Crippen LogP contribution in [0.5, 0.6) is 0 Å². The van der Waals surface area contributed by atoms with Gasteiger partial charge in [0.2, 0.25) is 0 Å². The smallest absolute Gasteiger partial charge is 0.160 e. The van der Waals surface area contributed by atoms with Crippen LogP contribution in [0.4, 0.5) is 0 Å². The summed E-state index contributed by atoms with van der Waals surface area (Å²) in [7, 11) is 0. The van der Waals surface area contributed by atoms with Gasteiger partial charge in [0.15, 0.2) is 5.82 Å². The number of furan rings is 1. The second-order valence-electron chi connectivity index (χ2n) is 14.0. The lowest BCUT2D eigenvalue weighted by molar-refractivity contribution is 0.668. The summed E-state index contributed by atoms with van der Waals surface area (Å²) in [6.45, 7) is 0. The summed E-state index contributed by atoms with van der Waals surface area (Å²) in [6, 6.07) is 34.7. The second kappa shape index (κ2) is 12.9. The quantitative estimate of drug-likeness (QED) is 0.176. The van der Waals surface area contributed by atoms with Crippen molar-refractivity contribution in [2.75, 3.05) is 0 Å². The Kier molecular flexibility index (Phi) is 5.03. The topological polar surface area (TPSA) is 43.9 Å². The van der Waals surface area contributed by atoms with Crippen molar-refractivity contribution < 1.29 is 20.9 Å². The van der Waals surface area contributed by atoms with Crippen molar-refractivity contribution >= 4 is 65.3 Å². The number of aromatic nitrogens is 3. The third kappa shape index (κ3) is 5.23. The SMILES string of the molecule is [2H]c1c([2H])c([2H])c2c([2H])c3c(c([2H])c2c1[2H])c1c([2H])c2c([2H])c([2H])c([2H])c([2H])c2c([2H])c1n3-c1ccc2c(c1)oc1cccc(-c3cccc(-c4cc(-c5ccccc5)nc(-c5ccccc5)n4)c3)c12. The van der Waals surface area contributed by atoms with E-state index in [1.807, 2.05) is 109 Å². The zero-order chi connectivity index (χ0) is 48.6. The number of rotatable bonds is 5. The van der Waals surface area contributed by atoms with Gasteiger partial charge in [-0.1, -0.05) is 139 Å². The molecule has 270 valence electrons. The van der Waals surface area contributed by atoms with E-state index in [-0.39, 0.29) is 43.4 Å². The summed E-state index contributed by atoms with van der Waals surface area (Å²) >= 11 is 0. The van der Waals surface area contributed by atoms with E-state index in [1.54, 1.807) is 12.1 Å². The zero-order valence-electron chi connectivity index (χ0n) is 42.4. The molecule has 0 bridgehead atoms. The molecule has 4 heteroatoms. The summed E-state index contributed by atoms with van der Waals surface area (Å²) in [5.74, 6) is 0.590. The van der Waals surface area contributed by atoms with Crippen molar-refractivity contribution in [2.45, 2.75) is 0 Å². The molecular formula is C54H33N3O. The number of hydrogen-bond acceptors (Lipinski definition) is 3. The van der Waals surface area contributed by atoms with Crippen LogP contribution in [-0.2, 0) is 0 Å². The molecular weight excluding hydrogens is 707 g/mol. The van der Waals surface area contributed by atoms with Crippen LogP contribution in [-0.4, -0.2) is 14.5 Å². The number of benzene rings is 9. The van der Waals surface area contributed by atoms with Crippen LogP contribution in [0.25, 0.3) is 116 Å². The van der Waals surface area contributed by atoms with Crippen molar-refractivity contribution in [1.29, 1.82) is 0 Å². The van der Waals surface area contributed by atoms with E-state index in [0.29, 0.717) is 22.7 Å². The van der Waals surface area contributed by atoms with E-state index < -0.39 is 72.5 Å². The Balaban J connectivity index is 1.10. The molecule has 0 saturated heterocycles. The van der Waals surface area contributed by atoms with Gasteiger partial charge in [0.1, 0.15) is 11.2 Å². The molecule has 0 amide bonds. The lowest BCUT2D eigenvalue weighted by atomic mass is 9.96. The Morgan fingerprint density at radius 2 is 1.02 bits per heavy atom. The van der Waals surface area contributed by atoms with Gasteiger partial charge in [0, 0.05) is 50.0 Å². The fourth-order valence-electron chi connectivity index (χ4n) is 7.91. The Bertz CT molecular complexity index is 4080. The standard InChI is InChI=1S/C54H33N3O/c1-3-13-34(14-4-1)47-33-48(56-54(55-47)35-15-5-2-6-16-35)41-22-11-21-40(27-41)43-23-12-24-51-53(43)44-26-25-42(32-52(44)58-51)57-49-30-38-19-9-7-17-36(38)28-45(49)46-29-37-18-8-10-20-39(37)31-50(46)57/h1-33H/i7D,8D,9D,10D,17D,18D,19D,20D,28D,29D,30D,31D. The molecule has 3 aromatic heterocycles. The van der Waals surface area contributed by atoms with Gasteiger partial charge in [-0.05, 0) is 87.2 Å². The fraction of sp³-hybridized carbons (Fsp3) is 0. The van der Waals surface area contributed by atoms with Crippen LogP contribution >= 0.6 is 0 Å². The molecule has 9 aromatic carbocycles. The molecule has 0 unspecified atom stereocenters. The van der Waals surface area contributed by atoms with Crippen molar-refractivity contribution in [3.8, 4) is 50.7 Å². The van der Waals surface area contributed by atoms with E-state index in [2.05, 4.69) is 6.07 Å². The Hall–Kier alpha value is -7.82. The summed E-state index contributed by atoms with van der Waals surface area (Å²) in [6.07, 6.45) is 0. The van der Waals surface area contributed by atoms with Gasteiger partial charge in [-0.15, -0.1) is 0 Å². The molecule has 0 saturated carbocycles. The maximum absolute atomic E-state index is 9.66. The maximum Gasteiger partial charge on any atom is 0.160 e. The molecule has 0 atom stereocenters. The molecule has 12 aromatic rings. The van der Waals surface area contributed by atoms with E-state index in [4.69, 9.17) is 25.4 Å². The molecule has 3 heterocycles. The van der Waals surface area contributed by atoms with E-state index in [9.17, 15) is 5.48 Å². The van der Waals surface area contributed by atoms with Crippen molar-refractivity contribution in [3.63, 3.8) is 0 Å². The lowest BCUT2D eigenvalue weighted by Gasteiger charge is -2.11. The van der Waals surface area contributed by atoms with Crippen LogP contribution in [0, 0.1) is 0 Å². The summed E-state index contributed by atoms with van der Waals surface area (Å²) in [4.78, 5) is 10.0. The molecule has 58 heavy (non-hydrogen) atoms.